The molecule has 6 rings (SSSR count). The average molecular weight is 884 g/mol. The summed E-state index contributed by atoms with van der Waals surface area (Å²) in [5, 5.41) is 14.8. The lowest BCUT2D eigenvalue weighted by Crippen LogP contribution is -2.56. The monoisotopic (exact) mass is 883 g/mol. The number of carboxylic acids is 1. The van der Waals surface area contributed by atoms with Gasteiger partial charge < -0.3 is 30.0 Å². The Kier molecular flexibility index (Phi) is 14.1. The molecular weight excluding hydrogens is 831 g/mol. The summed E-state index contributed by atoms with van der Waals surface area (Å²) in [5.41, 5.74) is -0.633. The molecular formula is C46H53N5O11S. The zero-order valence-electron chi connectivity index (χ0n) is 35.7. The maximum Gasteiger partial charge on any atom is 0.411 e. The van der Waals surface area contributed by atoms with E-state index in [0.29, 0.717) is 53.8 Å². The molecule has 4 aromatic rings. The fourth-order valence-corrected chi connectivity index (χ4v) is 8.73. The number of aliphatic carboxylic acids is 1. The zero-order valence-corrected chi connectivity index (χ0v) is 36.5. The number of anilines is 1. The fraction of sp³-hybridized carbons (Fsp3) is 0.391. The van der Waals surface area contributed by atoms with Crippen molar-refractivity contribution in [2.45, 2.75) is 100 Å². The van der Waals surface area contributed by atoms with Crippen LogP contribution in [-0.4, -0.2) is 90.1 Å². The molecule has 2 fully saturated rings. The van der Waals surface area contributed by atoms with Crippen molar-refractivity contribution in [3.8, 4) is 22.8 Å². The maximum atomic E-state index is 14.4. The number of unbranched alkanes of at least 4 members (excludes halogenated alkanes) is 3. The van der Waals surface area contributed by atoms with Gasteiger partial charge in [0.15, 0.2) is 0 Å². The molecule has 1 aliphatic heterocycles. The van der Waals surface area contributed by atoms with Gasteiger partial charge in [-0.1, -0.05) is 61.4 Å². The number of fused-ring (bicyclic) bond motifs is 1. The number of sulfonamides is 1. The molecule has 1 saturated heterocycles. The smallest absolute Gasteiger partial charge is 0.411 e. The van der Waals surface area contributed by atoms with Gasteiger partial charge in [0.05, 0.1) is 30.6 Å². The quantitative estimate of drug-likeness (QED) is 0.0614. The Hall–Kier alpha value is -6.49. The van der Waals surface area contributed by atoms with E-state index in [1.807, 2.05) is 36.4 Å². The minimum absolute atomic E-state index is 0.00409. The lowest BCUT2D eigenvalue weighted by molar-refractivity contribution is -0.137. The second-order valence-corrected chi connectivity index (χ2v) is 18.3. The van der Waals surface area contributed by atoms with E-state index in [0.717, 1.165) is 5.56 Å². The number of carboxylic acid groups (broad SMARTS) is 1. The van der Waals surface area contributed by atoms with E-state index in [1.165, 1.54) is 35.2 Å². The highest BCUT2D eigenvalue weighted by molar-refractivity contribution is 7.90. The topological polar surface area (TPSA) is 220 Å². The molecule has 0 spiro atoms. The van der Waals surface area contributed by atoms with Crippen molar-refractivity contribution in [3.05, 3.63) is 91.5 Å². The van der Waals surface area contributed by atoms with Crippen molar-refractivity contribution in [3.63, 3.8) is 0 Å². The van der Waals surface area contributed by atoms with Gasteiger partial charge in [-0.25, -0.2) is 22.9 Å². The van der Waals surface area contributed by atoms with Gasteiger partial charge in [0.25, 0.3) is 15.9 Å². The van der Waals surface area contributed by atoms with E-state index in [2.05, 4.69) is 21.9 Å². The molecule has 2 aliphatic rings. The van der Waals surface area contributed by atoms with Crippen LogP contribution in [0, 0.1) is 5.92 Å². The molecule has 17 heteroatoms. The fourth-order valence-electron chi connectivity index (χ4n) is 7.53. The van der Waals surface area contributed by atoms with Crippen molar-refractivity contribution in [1.29, 1.82) is 0 Å². The van der Waals surface area contributed by atoms with Crippen molar-refractivity contribution < 1.29 is 51.7 Å². The Morgan fingerprint density at radius 1 is 0.952 bits per heavy atom. The number of amides is 4. The highest BCUT2D eigenvalue weighted by Gasteiger charge is 2.61. The van der Waals surface area contributed by atoms with Crippen LogP contribution in [0.1, 0.15) is 72.1 Å². The number of nitrogens with one attached hydrogen (secondary N) is 3. The molecule has 1 saturated carbocycles. The summed E-state index contributed by atoms with van der Waals surface area (Å²) in [5.74, 6) is -2.70. The van der Waals surface area contributed by atoms with Crippen LogP contribution < -0.4 is 24.8 Å². The normalized spacial score (nSPS) is 19.4. The molecule has 16 nitrogen and oxygen atoms in total. The third-order valence-electron chi connectivity index (χ3n) is 10.8. The minimum Gasteiger partial charge on any atom is -0.497 e. The van der Waals surface area contributed by atoms with Crippen molar-refractivity contribution >= 4 is 56.4 Å². The molecule has 334 valence electrons. The number of para-hydroxylation sites is 1. The van der Waals surface area contributed by atoms with Crippen LogP contribution in [0.3, 0.4) is 0 Å². The molecule has 4 atom stereocenters. The molecule has 63 heavy (non-hydrogen) atoms. The first-order chi connectivity index (χ1) is 29.9. The number of carbonyl (C=O) groups excluding carboxylic acids is 4. The van der Waals surface area contributed by atoms with E-state index in [-0.39, 0.29) is 42.8 Å². The van der Waals surface area contributed by atoms with Gasteiger partial charge in [0, 0.05) is 48.3 Å². The number of hydrogen-bond donors (Lipinski definition) is 4. The van der Waals surface area contributed by atoms with E-state index >= 15 is 0 Å². The first kappa shape index (κ1) is 46.0. The van der Waals surface area contributed by atoms with Crippen molar-refractivity contribution in [2.75, 3.05) is 19.0 Å². The Balaban J connectivity index is 1.20. The van der Waals surface area contributed by atoms with Crippen LogP contribution in [0.25, 0.3) is 22.2 Å². The van der Waals surface area contributed by atoms with Gasteiger partial charge in [0.1, 0.15) is 39.7 Å². The number of ether oxygens (including phenoxy) is 3. The summed E-state index contributed by atoms with van der Waals surface area (Å²) in [7, 11) is -3.06. The summed E-state index contributed by atoms with van der Waals surface area (Å²) in [6, 6.07) is 21.1. The van der Waals surface area contributed by atoms with Crippen LogP contribution in [-0.2, 0) is 33.9 Å². The number of hydrogen-bond acceptors (Lipinski definition) is 11. The number of pyridine rings is 1. The largest absolute Gasteiger partial charge is 0.497 e. The SMILES string of the molecule is C=C[C@@H]1C[C@]1(NC(=O)[C@@H]1C[C@@H](Oc2cc(-c3ccccc3)nc3cc(OC)ccc23)CN1C(=O)OC(C)(C)C)C(=O)NS(=O)(=O)c1ccccc1NC(=O)CCCCCCC(=O)O. The summed E-state index contributed by atoms with van der Waals surface area (Å²) in [6.07, 6.45) is 2.27. The number of methoxy groups -OCH3 is 1. The van der Waals surface area contributed by atoms with Gasteiger partial charge in [0.2, 0.25) is 11.8 Å². The van der Waals surface area contributed by atoms with E-state index < -0.39 is 69.0 Å². The van der Waals surface area contributed by atoms with Crippen molar-refractivity contribution in [1.82, 2.24) is 19.9 Å². The molecule has 0 radical (unpaired) electrons. The van der Waals surface area contributed by atoms with E-state index in [9.17, 15) is 32.4 Å². The molecule has 0 unspecified atom stereocenters. The Bertz CT molecular complexity index is 2490. The molecule has 2 heterocycles. The Labute approximate surface area is 366 Å². The predicted molar refractivity (Wildman–Crippen MR) is 234 cm³/mol. The third kappa shape index (κ3) is 11.3. The lowest BCUT2D eigenvalue weighted by atomic mass is 10.1. The molecule has 3 aromatic carbocycles. The van der Waals surface area contributed by atoms with Gasteiger partial charge in [-0.3, -0.25) is 24.1 Å². The minimum atomic E-state index is -4.61. The van der Waals surface area contributed by atoms with Gasteiger partial charge in [-0.05, 0) is 64.3 Å². The molecule has 1 aliphatic carbocycles. The standard InChI is InChI=1S/C46H53N5O11S/c1-6-30-27-46(30,43(56)50-63(58,59)39-19-15-14-18-34(39)48-40(52)20-12-7-8-13-21-41(53)54)49-42(55)37-25-32(28-51(37)44(57)62-45(2,3)4)61-38-26-35(29-16-10-9-11-17-29)47-36-24-31(60-5)22-23-33(36)38/h6,9-11,14-19,22-24,26,30,32,37H,1,7-8,12-13,20-21,25,27-28H2,2-5H3,(H,48,52)(H,49,55)(H,50,56)(H,53,54)/t30-,32-,37+,46-/m1/s1. The van der Waals surface area contributed by atoms with E-state index in [4.69, 9.17) is 24.3 Å². The molecule has 1 aromatic heterocycles. The summed E-state index contributed by atoms with van der Waals surface area (Å²) in [6.45, 7) is 8.82. The first-order valence-corrected chi connectivity index (χ1v) is 22.2. The third-order valence-corrected chi connectivity index (χ3v) is 12.2. The van der Waals surface area contributed by atoms with E-state index in [1.54, 1.807) is 46.1 Å². The molecule has 4 amide bonds. The lowest BCUT2D eigenvalue weighted by Gasteiger charge is -2.29. The first-order valence-electron chi connectivity index (χ1n) is 20.8. The second kappa shape index (κ2) is 19.3. The molecule has 4 N–H and O–H groups in total. The Morgan fingerprint density at radius 3 is 2.32 bits per heavy atom. The Morgan fingerprint density at radius 2 is 1.65 bits per heavy atom. The number of likely N-dealkylation sites (tertiary alicyclic amines) is 1. The number of carbonyl (C=O) groups is 5. The summed E-state index contributed by atoms with van der Waals surface area (Å²) >= 11 is 0. The maximum absolute atomic E-state index is 14.4. The van der Waals surface area contributed by atoms with Crippen LogP contribution in [0.4, 0.5) is 10.5 Å². The second-order valence-electron chi connectivity index (χ2n) is 16.7. The summed E-state index contributed by atoms with van der Waals surface area (Å²) in [4.78, 5) is 71.4. The van der Waals surface area contributed by atoms with Crippen LogP contribution in [0.2, 0.25) is 0 Å². The number of rotatable bonds is 18. The van der Waals surface area contributed by atoms with Gasteiger partial charge in [-0.15, -0.1) is 6.58 Å². The van der Waals surface area contributed by atoms with Crippen molar-refractivity contribution in [2.24, 2.45) is 5.92 Å². The number of benzene rings is 3. The average Bonchev–Trinajstić information content (AvgIpc) is 3.79. The molecule has 0 bridgehead atoms. The van der Waals surface area contributed by atoms with Crippen LogP contribution in [0.5, 0.6) is 11.5 Å². The van der Waals surface area contributed by atoms with Gasteiger partial charge in [-0.2, -0.15) is 0 Å². The highest BCUT2D eigenvalue weighted by atomic mass is 32.2. The van der Waals surface area contributed by atoms with Crippen LogP contribution in [0.15, 0.2) is 96.4 Å². The number of nitrogens with zero attached hydrogens (tertiary/aromatic N) is 2. The highest BCUT2D eigenvalue weighted by Crippen LogP contribution is 2.45. The summed E-state index contributed by atoms with van der Waals surface area (Å²) < 4.78 is 47.5. The number of aromatic nitrogens is 1. The van der Waals surface area contributed by atoms with Gasteiger partial charge >= 0.3 is 12.1 Å². The zero-order chi connectivity index (χ0) is 45.5. The van der Waals surface area contributed by atoms with Crippen LogP contribution >= 0.6 is 0 Å². The predicted octanol–water partition coefficient (Wildman–Crippen LogP) is 6.60.